The van der Waals surface area contributed by atoms with E-state index in [1.807, 2.05) is 13.2 Å². The van der Waals surface area contributed by atoms with Gasteiger partial charge in [-0.15, -0.1) is 11.8 Å². The number of nitriles is 1. The van der Waals surface area contributed by atoms with Crippen LogP contribution in [0.2, 0.25) is 0 Å². The van der Waals surface area contributed by atoms with E-state index in [1.165, 1.54) is 31.0 Å². The van der Waals surface area contributed by atoms with Gasteiger partial charge in [0.05, 0.1) is 22.8 Å². The topological polar surface area (TPSA) is 98.3 Å². The number of non-ortho nitro benzene ring substituents is 1. The molecule has 1 aromatic heterocycles. The summed E-state index contributed by atoms with van der Waals surface area (Å²) in [6, 6.07) is 8.35. The number of nitrogens with zero attached hydrogens (tertiary/aromatic N) is 3. The molecule has 0 unspecified atom stereocenters. The lowest BCUT2D eigenvalue weighted by atomic mass is 9.99. The van der Waals surface area contributed by atoms with Crippen molar-refractivity contribution < 1.29 is 14.4 Å². The highest BCUT2D eigenvalue weighted by atomic mass is 32.2. The Morgan fingerprint density at radius 3 is 2.56 bits per heavy atom. The first-order chi connectivity index (χ1) is 12.0. The Bertz CT molecular complexity index is 816. The third kappa shape index (κ3) is 4.14. The Labute approximate surface area is 149 Å². The quantitative estimate of drug-likeness (QED) is 0.244. The second-order valence-electron chi connectivity index (χ2n) is 5.12. The van der Waals surface area contributed by atoms with Gasteiger partial charge in [-0.2, -0.15) is 5.26 Å². The van der Waals surface area contributed by atoms with Gasteiger partial charge in [0, 0.05) is 30.4 Å². The summed E-state index contributed by atoms with van der Waals surface area (Å²) in [4.78, 5) is 15.0. The fourth-order valence-corrected chi connectivity index (χ4v) is 2.96. The molecule has 8 heteroatoms. The highest BCUT2D eigenvalue weighted by Crippen LogP contribution is 2.32. The molecule has 0 aliphatic heterocycles. The molecule has 7 nitrogen and oxygen atoms in total. The van der Waals surface area contributed by atoms with Gasteiger partial charge in [-0.25, -0.2) is 4.98 Å². The van der Waals surface area contributed by atoms with Crippen LogP contribution in [0.15, 0.2) is 29.3 Å². The molecule has 0 spiro atoms. The van der Waals surface area contributed by atoms with Crippen molar-refractivity contribution in [2.45, 2.75) is 18.6 Å². The zero-order valence-corrected chi connectivity index (χ0v) is 14.9. The lowest BCUT2D eigenvalue weighted by Crippen LogP contribution is -2.06. The Morgan fingerprint density at radius 2 is 2.04 bits per heavy atom. The molecule has 25 heavy (non-hydrogen) atoms. The maximum absolute atomic E-state index is 10.8. The lowest BCUT2D eigenvalue weighted by Gasteiger charge is -2.16. The molecule has 0 saturated carbocycles. The van der Waals surface area contributed by atoms with E-state index in [-0.39, 0.29) is 19.1 Å². The van der Waals surface area contributed by atoms with Gasteiger partial charge in [-0.3, -0.25) is 10.1 Å². The third-order valence-corrected chi connectivity index (χ3v) is 4.33. The van der Waals surface area contributed by atoms with E-state index in [4.69, 9.17) is 9.47 Å². The van der Waals surface area contributed by atoms with Crippen LogP contribution in [0.3, 0.4) is 0 Å². The molecule has 0 atom stereocenters. The molecule has 1 aromatic carbocycles. The van der Waals surface area contributed by atoms with E-state index in [0.29, 0.717) is 16.3 Å². The van der Waals surface area contributed by atoms with Crippen molar-refractivity contribution in [2.75, 3.05) is 20.2 Å². The van der Waals surface area contributed by atoms with Crippen LogP contribution in [-0.2, 0) is 16.1 Å². The van der Waals surface area contributed by atoms with Gasteiger partial charge in [-0.1, -0.05) is 0 Å². The Balaban J connectivity index is 2.59. The average molecular weight is 359 g/mol. The summed E-state index contributed by atoms with van der Waals surface area (Å²) in [5.74, 6) is 0. The van der Waals surface area contributed by atoms with Gasteiger partial charge in [-0.05, 0) is 30.9 Å². The van der Waals surface area contributed by atoms with Crippen molar-refractivity contribution in [2.24, 2.45) is 0 Å². The summed E-state index contributed by atoms with van der Waals surface area (Å²) in [6.45, 7) is 2.19. The van der Waals surface area contributed by atoms with Gasteiger partial charge < -0.3 is 9.47 Å². The first kappa shape index (κ1) is 18.9. The molecule has 0 radical (unpaired) electrons. The number of thioether (sulfide) groups is 1. The van der Waals surface area contributed by atoms with Gasteiger partial charge in [0.1, 0.15) is 17.9 Å². The number of pyridine rings is 1. The van der Waals surface area contributed by atoms with E-state index in [0.717, 1.165) is 16.7 Å². The molecule has 2 aromatic rings. The Kier molecular flexibility index (Phi) is 6.47. The van der Waals surface area contributed by atoms with Crippen molar-refractivity contribution in [3.8, 4) is 17.3 Å². The van der Waals surface area contributed by atoms with Crippen molar-refractivity contribution in [3.63, 3.8) is 0 Å². The predicted molar refractivity (Wildman–Crippen MR) is 94.2 cm³/mol. The first-order valence-corrected chi connectivity index (χ1v) is 8.55. The number of rotatable bonds is 7. The van der Waals surface area contributed by atoms with Crippen molar-refractivity contribution in [3.05, 3.63) is 51.1 Å². The van der Waals surface area contributed by atoms with Crippen LogP contribution in [0.1, 0.15) is 16.7 Å². The minimum absolute atomic E-state index is 0.0105. The Hall–Kier alpha value is -2.47. The van der Waals surface area contributed by atoms with Gasteiger partial charge >= 0.3 is 0 Å². The molecular weight excluding hydrogens is 342 g/mol. The van der Waals surface area contributed by atoms with Gasteiger partial charge in [0.2, 0.25) is 0 Å². The molecule has 1 heterocycles. The van der Waals surface area contributed by atoms with Crippen LogP contribution in [-0.4, -0.2) is 30.1 Å². The van der Waals surface area contributed by atoms with Crippen LogP contribution in [0.25, 0.3) is 11.3 Å². The smallest absolute Gasteiger partial charge is 0.269 e. The summed E-state index contributed by atoms with van der Waals surface area (Å²) in [6.07, 6.45) is 1.85. The zero-order chi connectivity index (χ0) is 18.4. The first-order valence-electron chi connectivity index (χ1n) is 7.32. The molecular formula is C17H17N3O4S. The standard InChI is InChI=1S/C17H17N3O4S/c1-11-14(8-18)17(25-3)19-16(15(11)9-24-10-23-2)12-4-6-13(7-5-12)20(21)22/h4-7H,9-10H2,1-3H3. The summed E-state index contributed by atoms with van der Waals surface area (Å²) < 4.78 is 10.4. The number of nitro benzene ring substituents is 1. The van der Waals surface area contributed by atoms with Crippen LogP contribution in [0, 0.1) is 28.4 Å². The summed E-state index contributed by atoms with van der Waals surface area (Å²) in [5, 5.41) is 20.9. The fraction of sp³-hybridized carbons (Fsp3) is 0.294. The molecule has 2 rings (SSSR count). The maximum Gasteiger partial charge on any atom is 0.269 e. The lowest BCUT2D eigenvalue weighted by molar-refractivity contribution is -0.384. The molecule has 0 N–H and O–H groups in total. The number of nitro groups is 1. The SMILES string of the molecule is COCOCc1c(-c2ccc([N+](=O)[O-])cc2)nc(SC)c(C#N)c1C. The van der Waals surface area contributed by atoms with Crippen LogP contribution < -0.4 is 0 Å². The monoisotopic (exact) mass is 359 g/mol. The maximum atomic E-state index is 10.8. The number of benzene rings is 1. The van der Waals surface area contributed by atoms with E-state index in [2.05, 4.69) is 11.1 Å². The summed E-state index contributed by atoms with van der Waals surface area (Å²) in [7, 11) is 1.53. The average Bonchev–Trinajstić information content (AvgIpc) is 2.62. The van der Waals surface area contributed by atoms with E-state index in [1.54, 1.807) is 12.1 Å². The van der Waals surface area contributed by atoms with Gasteiger partial charge in [0.15, 0.2) is 0 Å². The minimum atomic E-state index is -0.447. The number of methoxy groups -OCH3 is 1. The molecule has 130 valence electrons. The Morgan fingerprint density at radius 1 is 1.36 bits per heavy atom. The molecule has 0 aliphatic carbocycles. The minimum Gasteiger partial charge on any atom is -0.359 e. The normalized spacial score (nSPS) is 10.5. The number of hydrogen-bond donors (Lipinski definition) is 0. The van der Waals surface area contributed by atoms with Crippen molar-refractivity contribution in [1.29, 1.82) is 5.26 Å². The second kappa shape index (κ2) is 8.58. The van der Waals surface area contributed by atoms with E-state index < -0.39 is 4.92 Å². The van der Waals surface area contributed by atoms with Crippen LogP contribution >= 0.6 is 11.8 Å². The summed E-state index contributed by atoms with van der Waals surface area (Å²) in [5.41, 5.74) is 3.44. The van der Waals surface area contributed by atoms with E-state index >= 15 is 0 Å². The zero-order valence-electron chi connectivity index (χ0n) is 14.1. The van der Waals surface area contributed by atoms with Crippen LogP contribution in [0.5, 0.6) is 0 Å². The fourth-order valence-electron chi connectivity index (χ4n) is 2.38. The molecule has 0 bridgehead atoms. The van der Waals surface area contributed by atoms with Gasteiger partial charge in [0.25, 0.3) is 5.69 Å². The number of ether oxygens (including phenoxy) is 2. The molecule has 0 aliphatic rings. The molecule has 0 amide bonds. The molecule has 0 fully saturated rings. The summed E-state index contributed by atoms with van der Waals surface area (Å²) >= 11 is 1.38. The van der Waals surface area contributed by atoms with Crippen molar-refractivity contribution >= 4 is 17.4 Å². The second-order valence-corrected chi connectivity index (χ2v) is 5.91. The predicted octanol–water partition coefficient (Wildman–Crippen LogP) is 3.68. The largest absolute Gasteiger partial charge is 0.359 e. The van der Waals surface area contributed by atoms with E-state index in [9.17, 15) is 15.4 Å². The van der Waals surface area contributed by atoms with Crippen LogP contribution in [0.4, 0.5) is 5.69 Å². The number of aromatic nitrogens is 1. The highest BCUT2D eigenvalue weighted by Gasteiger charge is 2.18. The number of hydrogen-bond acceptors (Lipinski definition) is 7. The molecule has 0 saturated heterocycles. The highest BCUT2D eigenvalue weighted by molar-refractivity contribution is 7.98. The third-order valence-electron chi connectivity index (χ3n) is 3.65. The van der Waals surface area contributed by atoms with Crippen molar-refractivity contribution in [1.82, 2.24) is 4.98 Å².